The van der Waals surface area contributed by atoms with Crippen LogP contribution in [0.2, 0.25) is 0 Å². The lowest BCUT2D eigenvalue weighted by molar-refractivity contribution is 0.450. The summed E-state index contributed by atoms with van der Waals surface area (Å²) < 4.78 is 18.7. The lowest BCUT2D eigenvalue weighted by Crippen LogP contribution is -2.20. The van der Waals surface area contributed by atoms with Crippen LogP contribution < -0.4 is 14.4 Å². The highest BCUT2D eigenvalue weighted by atomic mass is 16.5. The molecule has 14 rings (SSSR count). The van der Waals surface area contributed by atoms with E-state index < -0.39 is 0 Å². The van der Waals surface area contributed by atoms with E-state index in [0.717, 1.165) is 89.9 Å². The van der Waals surface area contributed by atoms with Gasteiger partial charge in [-0.05, 0) is 112 Å². The molecule has 12 aromatic rings. The zero-order valence-electron chi connectivity index (χ0n) is 35.0. The van der Waals surface area contributed by atoms with Crippen LogP contribution in [0.1, 0.15) is 0 Å². The van der Waals surface area contributed by atoms with Gasteiger partial charge in [-0.25, -0.2) is 0 Å². The van der Waals surface area contributed by atoms with Gasteiger partial charge < -0.3 is 18.6 Å². The molecule has 304 valence electrons. The van der Waals surface area contributed by atoms with E-state index in [0.29, 0.717) is 0 Å². The summed E-state index contributed by atoms with van der Waals surface area (Å²) >= 11 is 0. The third kappa shape index (κ3) is 5.39. The third-order valence-electron chi connectivity index (χ3n) is 13.2. The molecule has 10 aromatic carbocycles. The number of fused-ring (bicyclic) bond motifs is 11. The summed E-state index contributed by atoms with van der Waals surface area (Å²) in [5.74, 6) is 3.13. The minimum atomic E-state index is 0.750. The van der Waals surface area contributed by atoms with Crippen LogP contribution in [-0.4, -0.2) is 9.13 Å². The molecular formula is C60H37N3O2. The summed E-state index contributed by atoms with van der Waals surface area (Å²) in [5.41, 5.74) is 16.5. The van der Waals surface area contributed by atoms with Crippen molar-refractivity contribution in [3.05, 3.63) is 224 Å². The molecule has 0 radical (unpaired) electrons. The molecule has 0 bridgehead atoms. The number of hydrogen-bond acceptors (Lipinski definition) is 3. The molecule has 0 N–H and O–H groups in total. The Labute approximate surface area is 374 Å². The van der Waals surface area contributed by atoms with Gasteiger partial charge in [-0.15, -0.1) is 0 Å². The monoisotopic (exact) mass is 831 g/mol. The Bertz CT molecular complexity index is 3890. The average molecular weight is 832 g/mol. The normalized spacial score (nSPS) is 12.5. The van der Waals surface area contributed by atoms with Crippen LogP contribution in [0.3, 0.4) is 0 Å². The van der Waals surface area contributed by atoms with Gasteiger partial charge in [-0.3, -0.25) is 4.90 Å². The summed E-state index contributed by atoms with van der Waals surface area (Å²) in [5, 5.41) is 4.55. The largest absolute Gasteiger partial charge is 0.453 e. The Morgan fingerprint density at radius 3 is 1.45 bits per heavy atom. The summed E-state index contributed by atoms with van der Waals surface area (Å²) in [4.78, 5) is 2.31. The molecule has 0 aliphatic carbocycles. The van der Waals surface area contributed by atoms with Gasteiger partial charge in [-0.2, -0.15) is 0 Å². The first-order valence-electron chi connectivity index (χ1n) is 22.1. The van der Waals surface area contributed by atoms with E-state index in [-0.39, 0.29) is 0 Å². The highest BCUT2D eigenvalue weighted by molar-refractivity contribution is 6.18. The molecule has 4 heterocycles. The van der Waals surface area contributed by atoms with Gasteiger partial charge in [-0.1, -0.05) is 140 Å². The summed E-state index contributed by atoms with van der Waals surface area (Å²) in [6.45, 7) is 0. The van der Waals surface area contributed by atoms with Gasteiger partial charge >= 0.3 is 0 Å². The van der Waals surface area contributed by atoms with E-state index in [1.54, 1.807) is 0 Å². The maximum absolute atomic E-state index is 7.10. The summed E-state index contributed by atoms with van der Waals surface area (Å²) in [6.07, 6.45) is 0. The lowest BCUT2D eigenvalue weighted by Gasteiger charge is -2.38. The van der Waals surface area contributed by atoms with Crippen LogP contribution in [0.4, 0.5) is 17.1 Å². The van der Waals surface area contributed by atoms with E-state index in [1.807, 2.05) is 18.2 Å². The van der Waals surface area contributed by atoms with E-state index in [4.69, 9.17) is 9.47 Å². The van der Waals surface area contributed by atoms with Crippen molar-refractivity contribution in [2.45, 2.75) is 0 Å². The van der Waals surface area contributed by atoms with Crippen LogP contribution in [0.25, 0.3) is 88.4 Å². The molecule has 0 atom stereocenters. The topological polar surface area (TPSA) is 31.6 Å². The number of nitrogens with zero attached hydrogens (tertiary/aromatic N) is 3. The standard InChI is InChI=1S/C60H37N3O2/c1-3-15-38(16-4-1)40-19-13-21-44(33-40)61-49-24-8-7-23-46(49)47-35-42(29-31-50(47)61)43-30-32-51-48(36-43)58-54(62(51)45-22-14-20-41(34-45)39-17-5-2-6-18-39)37-57-59-60(58)65-56-28-12-10-26-53(56)63(59)52-25-9-11-27-55(52)64-57/h1-37H. The molecular weight excluding hydrogens is 795 g/mol. The fourth-order valence-electron chi connectivity index (χ4n) is 10.4. The van der Waals surface area contributed by atoms with E-state index in [9.17, 15) is 0 Å². The van der Waals surface area contributed by atoms with Gasteiger partial charge in [0, 0.05) is 33.6 Å². The fourth-order valence-corrected chi connectivity index (χ4v) is 10.4. The number of hydrogen-bond donors (Lipinski definition) is 0. The van der Waals surface area contributed by atoms with E-state index in [1.165, 1.54) is 38.5 Å². The molecule has 0 saturated carbocycles. The zero-order chi connectivity index (χ0) is 42.6. The van der Waals surface area contributed by atoms with Crippen molar-refractivity contribution in [2.24, 2.45) is 0 Å². The Hall–Kier alpha value is -8.80. The molecule has 0 fully saturated rings. The predicted molar refractivity (Wildman–Crippen MR) is 266 cm³/mol. The van der Waals surface area contributed by atoms with Gasteiger partial charge in [0.1, 0.15) is 5.69 Å². The maximum Gasteiger partial charge on any atom is 0.165 e. The molecule has 65 heavy (non-hydrogen) atoms. The second-order valence-corrected chi connectivity index (χ2v) is 16.9. The second kappa shape index (κ2) is 13.9. The lowest BCUT2D eigenvalue weighted by atomic mass is 9.99. The first kappa shape index (κ1) is 35.8. The van der Waals surface area contributed by atoms with E-state index in [2.05, 4.69) is 220 Å². The molecule has 2 aliphatic heterocycles. The first-order chi connectivity index (χ1) is 32.2. The van der Waals surface area contributed by atoms with Crippen molar-refractivity contribution >= 4 is 60.7 Å². The number of benzene rings is 10. The molecule has 2 aliphatic rings. The SMILES string of the molecule is c1ccc(-c2cccc(-n3c4ccccc4c4cc(-c5ccc6c(c5)c5c7c8c(cc5n6-c5cccc(-c6ccccc6)c5)Oc5ccccc5N8c5ccccc5O7)ccc43)c2)cc1. The molecule has 0 unspecified atom stereocenters. The van der Waals surface area contributed by atoms with Crippen molar-refractivity contribution in [2.75, 3.05) is 4.90 Å². The number of ether oxygens (including phenoxy) is 2. The van der Waals surface area contributed by atoms with Gasteiger partial charge in [0.2, 0.25) is 0 Å². The maximum atomic E-state index is 7.10. The average Bonchev–Trinajstić information content (AvgIpc) is 3.89. The predicted octanol–water partition coefficient (Wildman–Crippen LogP) is 16.6. The van der Waals surface area contributed by atoms with Crippen molar-refractivity contribution in [3.8, 4) is 67.8 Å². The smallest absolute Gasteiger partial charge is 0.165 e. The van der Waals surface area contributed by atoms with Crippen LogP contribution in [0.15, 0.2) is 224 Å². The quantitative estimate of drug-likeness (QED) is 0.173. The van der Waals surface area contributed by atoms with Crippen LogP contribution in [0.5, 0.6) is 23.0 Å². The Morgan fingerprint density at radius 2 is 0.785 bits per heavy atom. The van der Waals surface area contributed by atoms with Crippen molar-refractivity contribution in [1.29, 1.82) is 0 Å². The van der Waals surface area contributed by atoms with E-state index >= 15 is 0 Å². The van der Waals surface area contributed by atoms with Crippen LogP contribution in [-0.2, 0) is 0 Å². The minimum absolute atomic E-state index is 0.750. The Kier molecular flexibility index (Phi) is 7.62. The number of anilines is 3. The Balaban J connectivity index is 1.00. The molecule has 0 spiro atoms. The summed E-state index contributed by atoms with van der Waals surface area (Å²) in [6, 6.07) is 80.2. The van der Waals surface area contributed by atoms with Crippen molar-refractivity contribution in [1.82, 2.24) is 9.13 Å². The summed E-state index contributed by atoms with van der Waals surface area (Å²) in [7, 11) is 0. The number of rotatable bonds is 5. The number of para-hydroxylation sites is 5. The fraction of sp³-hybridized carbons (Fsp3) is 0. The van der Waals surface area contributed by atoms with Gasteiger partial charge in [0.25, 0.3) is 0 Å². The molecule has 0 saturated heterocycles. The molecule has 5 nitrogen and oxygen atoms in total. The van der Waals surface area contributed by atoms with Gasteiger partial charge in [0.05, 0.1) is 38.8 Å². The number of aromatic nitrogens is 2. The highest BCUT2D eigenvalue weighted by Gasteiger charge is 2.37. The van der Waals surface area contributed by atoms with Gasteiger partial charge in [0.15, 0.2) is 23.0 Å². The van der Waals surface area contributed by atoms with Crippen molar-refractivity contribution in [3.63, 3.8) is 0 Å². The minimum Gasteiger partial charge on any atom is -0.453 e. The van der Waals surface area contributed by atoms with Crippen LogP contribution >= 0.6 is 0 Å². The third-order valence-corrected chi connectivity index (χ3v) is 13.2. The first-order valence-corrected chi connectivity index (χ1v) is 22.1. The second-order valence-electron chi connectivity index (χ2n) is 16.9. The molecule has 0 amide bonds. The van der Waals surface area contributed by atoms with Crippen LogP contribution in [0, 0.1) is 0 Å². The van der Waals surface area contributed by atoms with Crippen molar-refractivity contribution < 1.29 is 9.47 Å². The molecule has 5 heteroatoms. The highest BCUT2D eigenvalue weighted by Crippen LogP contribution is 2.62. The zero-order valence-corrected chi connectivity index (χ0v) is 35.0. The molecule has 2 aromatic heterocycles. The Morgan fingerprint density at radius 1 is 0.292 bits per heavy atom.